The standard InChI is InChI=1S/C16H15Cl2FN2O/c1-10(14-6-5-12(17)8-15(14)18)21-16(22)20-9-11-3-2-4-13(19)7-11/h2-8,10H,9H2,1H3,(H2,20,21,22). The van der Waals surface area contributed by atoms with E-state index in [4.69, 9.17) is 23.2 Å². The van der Waals surface area contributed by atoms with E-state index < -0.39 is 0 Å². The highest BCUT2D eigenvalue weighted by molar-refractivity contribution is 6.35. The zero-order valence-corrected chi connectivity index (χ0v) is 13.4. The van der Waals surface area contributed by atoms with Gasteiger partial charge in [-0.05, 0) is 42.3 Å². The van der Waals surface area contributed by atoms with Gasteiger partial charge in [-0.25, -0.2) is 9.18 Å². The van der Waals surface area contributed by atoms with Crippen LogP contribution in [0.5, 0.6) is 0 Å². The SMILES string of the molecule is CC(NC(=O)NCc1cccc(F)c1)c1ccc(Cl)cc1Cl. The fourth-order valence-electron chi connectivity index (χ4n) is 2.01. The Labute approximate surface area is 138 Å². The van der Waals surface area contributed by atoms with Crippen molar-refractivity contribution in [3.63, 3.8) is 0 Å². The maximum Gasteiger partial charge on any atom is 0.315 e. The van der Waals surface area contributed by atoms with Crippen LogP contribution in [0.25, 0.3) is 0 Å². The van der Waals surface area contributed by atoms with Crippen molar-refractivity contribution in [1.82, 2.24) is 10.6 Å². The normalized spacial score (nSPS) is 11.8. The van der Waals surface area contributed by atoms with Gasteiger partial charge in [0.05, 0.1) is 6.04 Å². The molecule has 2 aromatic rings. The van der Waals surface area contributed by atoms with Crippen molar-refractivity contribution >= 4 is 29.2 Å². The van der Waals surface area contributed by atoms with Crippen LogP contribution in [0.15, 0.2) is 42.5 Å². The molecule has 2 rings (SSSR count). The van der Waals surface area contributed by atoms with E-state index in [-0.39, 0.29) is 24.4 Å². The molecule has 0 heterocycles. The van der Waals surface area contributed by atoms with E-state index in [1.54, 1.807) is 30.3 Å². The molecular weight excluding hydrogens is 326 g/mol. The Hall–Kier alpha value is -1.78. The van der Waals surface area contributed by atoms with Crippen LogP contribution in [0.4, 0.5) is 9.18 Å². The van der Waals surface area contributed by atoms with Crippen LogP contribution < -0.4 is 10.6 Å². The van der Waals surface area contributed by atoms with Crippen LogP contribution in [0, 0.1) is 5.82 Å². The van der Waals surface area contributed by atoms with Gasteiger partial charge < -0.3 is 10.6 Å². The molecule has 0 fully saturated rings. The van der Waals surface area contributed by atoms with E-state index in [1.165, 1.54) is 12.1 Å². The predicted octanol–water partition coefficient (Wildman–Crippen LogP) is 4.69. The van der Waals surface area contributed by atoms with Crippen LogP contribution in [-0.4, -0.2) is 6.03 Å². The molecule has 2 amide bonds. The highest BCUT2D eigenvalue weighted by atomic mass is 35.5. The number of benzene rings is 2. The first-order valence-corrected chi connectivity index (χ1v) is 7.45. The van der Waals surface area contributed by atoms with Crippen molar-refractivity contribution in [2.45, 2.75) is 19.5 Å². The Bertz CT molecular complexity index is 679. The van der Waals surface area contributed by atoms with Gasteiger partial charge in [-0.3, -0.25) is 0 Å². The van der Waals surface area contributed by atoms with Crippen molar-refractivity contribution in [3.05, 3.63) is 69.5 Å². The van der Waals surface area contributed by atoms with Crippen molar-refractivity contribution in [2.75, 3.05) is 0 Å². The van der Waals surface area contributed by atoms with Gasteiger partial charge in [0.1, 0.15) is 5.82 Å². The molecule has 6 heteroatoms. The summed E-state index contributed by atoms with van der Waals surface area (Å²) in [6.45, 7) is 2.06. The van der Waals surface area contributed by atoms with Crippen molar-refractivity contribution in [1.29, 1.82) is 0 Å². The first-order chi connectivity index (χ1) is 10.5. The van der Waals surface area contributed by atoms with Crippen LogP contribution in [0.2, 0.25) is 10.0 Å². The molecular formula is C16H15Cl2FN2O. The Morgan fingerprint density at radius 2 is 2.00 bits per heavy atom. The number of nitrogens with one attached hydrogen (secondary N) is 2. The average Bonchev–Trinajstić information content (AvgIpc) is 2.45. The number of amides is 2. The number of carbonyl (C=O) groups is 1. The molecule has 0 aliphatic heterocycles. The van der Waals surface area contributed by atoms with Crippen LogP contribution in [-0.2, 0) is 6.54 Å². The molecule has 0 bridgehead atoms. The first kappa shape index (κ1) is 16.6. The van der Waals surface area contributed by atoms with Gasteiger partial charge >= 0.3 is 6.03 Å². The van der Waals surface area contributed by atoms with Gasteiger partial charge in [-0.1, -0.05) is 41.4 Å². The Morgan fingerprint density at radius 3 is 2.68 bits per heavy atom. The molecule has 1 unspecified atom stereocenters. The summed E-state index contributed by atoms with van der Waals surface area (Å²) in [6.07, 6.45) is 0. The Balaban J connectivity index is 1.91. The topological polar surface area (TPSA) is 41.1 Å². The van der Waals surface area contributed by atoms with E-state index >= 15 is 0 Å². The van der Waals surface area contributed by atoms with Crippen LogP contribution in [0.3, 0.4) is 0 Å². The second kappa shape index (κ2) is 7.47. The quantitative estimate of drug-likeness (QED) is 0.832. The van der Waals surface area contributed by atoms with E-state index in [9.17, 15) is 9.18 Å². The summed E-state index contributed by atoms with van der Waals surface area (Å²) in [6, 6.07) is 10.5. The molecule has 1 atom stereocenters. The fourth-order valence-corrected chi connectivity index (χ4v) is 2.58. The van der Waals surface area contributed by atoms with E-state index in [2.05, 4.69) is 10.6 Å². The van der Waals surface area contributed by atoms with Gasteiger partial charge in [0, 0.05) is 16.6 Å². The largest absolute Gasteiger partial charge is 0.334 e. The maximum atomic E-state index is 13.0. The summed E-state index contributed by atoms with van der Waals surface area (Å²) in [5, 5.41) is 6.47. The molecule has 3 nitrogen and oxygen atoms in total. The highest BCUT2D eigenvalue weighted by Crippen LogP contribution is 2.25. The smallest absolute Gasteiger partial charge is 0.315 e. The molecule has 0 aliphatic rings. The lowest BCUT2D eigenvalue weighted by molar-refractivity contribution is 0.237. The van der Waals surface area contributed by atoms with Crippen molar-refractivity contribution < 1.29 is 9.18 Å². The zero-order chi connectivity index (χ0) is 16.1. The van der Waals surface area contributed by atoms with Gasteiger partial charge in [0.2, 0.25) is 0 Å². The monoisotopic (exact) mass is 340 g/mol. The number of halogens is 3. The average molecular weight is 341 g/mol. The summed E-state index contributed by atoms with van der Waals surface area (Å²) in [5.74, 6) is -0.332. The third-order valence-corrected chi connectivity index (χ3v) is 3.68. The summed E-state index contributed by atoms with van der Waals surface area (Å²) >= 11 is 11.9. The highest BCUT2D eigenvalue weighted by Gasteiger charge is 2.12. The lowest BCUT2D eigenvalue weighted by atomic mass is 10.1. The maximum absolute atomic E-state index is 13.0. The van der Waals surface area contributed by atoms with E-state index in [1.807, 2.05) is 6.92 Å². The van der Waals surface area contributed by atoms with Gasteiger partial charge in [0.15, 0.2) is 0 Å². The molecule has 0 aromatic heterocycles. The zero-order valence-electron chi connectivity index (χ0n) is 11.9. The van der Waals surface area contributed by atoms with Gasteiger partial charge in [0.25, 0.3) is 0 Å². The van der Waals surface area contributed by atoms with Crippen LogP contribution in [0.1, 0.15) is 24.1 Å². The van der Waals surface area contributed by atoms with Crippen molar-refractivity contribution in [2.24, 2.45) is 0 Å². The third-order valence-electron chi connectivity index (χ3n) is 3.12. The number of carbonyl (C=O) groups excluding carboxylic acids is 1. The molecule has 2 N–H and O–H groups in total. The Kier molecular flexibility index (Phi) is 5.63. The third kappa shape index (κ3) is 4.61. The number of hydrogen-bond acceptors (Lipinski definition) is 1. The van der Waals surface area contributed by atoms with Crippen molar-refractivity contribution in [3.8, 4) is 0 Å². The second-order valence-corrected chi connectivity index (χ2v) is 5.69. The van der Waals surface area contributed by atoms with E-state index in [0.717, 1.165) is 5.56 Å². The molecule has 22 heavy (non-hydrogen) atoms. The summed E-state index contributed by atoms with van der Waals surface area (Å²) in [4.78, 5) is 11.9. The molecule has 0 spiro atoms. The number of urea groups is 1. The molecule has 0 saturated carbocycles. The minimum Gasteiger partial charge on any atom is -0.334 e. The minimum atomic E-state index is -0.359. The summed E-state index contributed by atoms with van der Waals surface area (Å²) in [7, 11) is 0. The summed E-state index contributed by atoms with van der Waals surface area (Å²) < 4.78 is 13.0. The lowest BCUT2D eigenvalue weighted by Gasteiger charge is -2.16. The summed E-state index contributed by atoms with van der Waals surface area (Å²) in [5.41, 5.74) is 1.46. The number of rotatable bonds is 4. The fraction of sp³-hybridized carbons (Fsp3) is 0.188. The second-order valence-electron chi connectivity index (χ2n) is 4.84. The van der Waals surface area contributed by atoms with Gasteiger partial charge in [-0.2, -0.15) is 0 Å². The lowest BCUT2D eigenvalue weighted by Crippen LogP contribution is -2.36. The first-order valence-electron chi connectivity index (χ1n) is 6.69. The molecule has 116 valence electrons. The number of hydrogen-bond donors (Lipinski definition) is 2. The van der Waals surface area contributed by atoms with E-state index in [0.29, 0.717) is 15.6 Å². The molecule has 0 saturated heterocycles. The molecule has 0 aliphatic carbocycles. The Morgan fingerprint density at radius 1 is 1.23 bits per heavy atom. The molecule has 2 aromatic carbocycles. The molecule has 0 radical (unpaired) electrons. The minimum absolute atomic E-state index is 0.241. The predicted molar refractivity (Wildman–Crippen MR) is 86.6 cm³/mol. The van der Waals surface area contributed by atoms with Gasteiger partial charge in [-0.15, -0.1) is 0 Å². The van der Waals surface area contributed by atoms with Crippen LogP contribution >= 0.6 is 23.2 Å².